The molecule has 6 heteroatoms. The Morgan fingerprint density at radius 3 is 1.33 bits per heavy atom. The molecule has 0 unspecified atom stereocenters. The molecule has 2 aliphatic heterocycles. The van der Waals surface area contributed by atoms with Crippen LogP contribution in [0.15, 0.2) is 0 Å². The molecular formula is C18H32N2O4. The molecule has 0 radical (unpaired) electrons. The molecule has 2 fully saturated rings. The monoisotopic (exact) mass is 340 g/mol. The van der Waals surface area contributed by atoms with Crippen LogP contribution in [0, 0.1) is 10.8 Å². The van der Waals surface area contributed by atoms with Crippen LogP contribution in [0.3, 0.4) is 0 Å². The second-order valence-corrected chi connectivity index (χ2v) is 7.80. The summed E-state index contributed by atoms with van der Waals surface area (Å²) in [7, 11) is 3.66. The first-order chi connectivity index (χ1) is 11.3. The van der Waals surface area contributed by atoms with Crippen LogP contribution in [0.2, 0.25) is 0 Å². The van der Waals surface area contributed by atoms with Crippen LogP contribution in [0.25, 0.3) is 0 Å². The van der Waals surface area contributed by atoms with Gasteiger partial charge in [0, 0.05) is 53.6 Å². The summed E-state index contributed by atoms with van der Waals surface area (Å²) < 4.78 is 10.7. The topological polar surface area (TPSA) is 59.1 Å². The zero-order valence-corrected chi connectivity index (χ0v) is 15.6. The van der Waals surface area contributed by atoms with Crippen molar-refractivity contribution in [3.63, 3.8) is 0 Å². The van der Waals surface area contributed by atoms with Gasteiger partial charge in [0.05, 0.1) is 10.8 Å². The fourth-order valence-electron chi connectivity index (χ4n) is 3.50. The van der Waals surface area contributed by atoms with Crippen LogP contribution in [0.4, 0.5) is 0 Å². The fourth-order valence-corrected chi connectivity index (χ4v) is 3.50. The molecule has 0 bridgehead atoms. The Bertz CT molecular complexity index is 412. The first-order valence-corrected chi connectivity index (χ1v) is 8.95. The molecule has 6 nitrogen and oxygen atoms in total. The van der Waals surface area contributed by atoms with Crippen molar-refractivity contribution in [3.8, 4) is 0 Å². The maximum Gasteiger partial charge on any atom is 0.228 e. The fraction of sp³-hybridized carbons (Fsp3) is 0.889. The minimum Gasteiger partial charge on any atom is -0.381 e. The van der Waals surface area contributed by atoms with E-state index in [1.165, 1.54) is 0 Å². The minimum atomic E-state index is -0.331. The van der Waals surface area contributed by atoms with E-state index in [4.69, 9.17) is 9.47 Å². The van der Waals surface area contributed by atoms with E-state index in [0.717, 1.165) is 25.7 Å². The first kappa shape index (κ1) is 19.2. The van der Waals surface area contributed by atoms with Gasteiger partial charge >= 0.3 is 0 Å². The summed E-state index contributed by atoms with van der Waals surface area (Å²) in [5.74, 6) is 0.313. The van der Waals surface area contributed by atoms with E-state index in [2.05, 4.69) is 0 Å². The third-order valence-corrected chi connectivity index (χ3v) is 5.69. The smallest absolute Gasteiger partial charge is 0.228 e. The van der Waals surface area contributed by atoms with E-state index < -0.39 is 0 Å². The Morgan fingerprint density at radius 2 is 1.04 bits per heavy atom. The number of hydrogen-bond donors (Lipinski definition) is 0. The molecule has 0 spiro atoms. The van der Waals surface area contributed by atoms with Crippen molar-refractivity contribution < 1.29 is 19.1 Å². The number of nitrogens with zero attached hydrogens (tertiary/aromatic N) is 2. The van der Waals surface area contributed by atoms with Gasteiger partial charge in [-0.3, -0.25) is 9.59 Å². The van der Waals surface area contributed by atoms with Gasteiger partial charge in [-0.15, -0.1) is 0 Å². The molecule has 2 saturated heterocycles. The average molecular weight is 340 g/mol. The van der Waals surface area contributed by atoms with Crippen molar-refractivity contribution in [2.45, 2.75) is 39.5 Å². The number of ether oxygens (including phenoxy) is 2. The Labute approximate surface area is 145 Å². The van der Waals surface area contributed by atoms with Crippen LogP contribution >= 0.6 is 0 Å². The molecule has 0 N–H and O–H groups in total. The first-order valence-electron chi connectivity index (χ1n) is 8.95. The summed E-state index contributed by atoms with van der Waals surface area (Å²) in [5, 5.41) is 0. The van der Waals surface area contributed by atoms with Gasteiger partial charge in [0.1, 0.15) is 0 Å². The van der Waals surface area contributed by atoms with E-state index in [9.17, 15) is 9.59 Å². The lowest BCUT2D eigenvalue weighted by atomic mass is 9.81. The lowest BCUT2D eigenvalue weighted by molar-refractivity contribution is -0.148. The van der Waals surface area contributed by atoms with Crippen LogP contribution < -0.4 is 0 Å². The summed E-state index contributed by atoms with van der Waals surface area (Å²) >= 11 is 0. The van der Waals surface area contributed by atoms with E-state index in [0.29, 0.717) is 39.5 Å². The molecule has 0 aromatic rings. The summed E-state index contributed by atoms with van der Waals surface area (Å²) in [6.45, 7) is 7.75. The average Bonchev–Trinajstić information content (AvgIpc) is 2.59. The van der Waals surface area contributed by atoms with Crippen molar-refractivity contribution >= 4 is 11.8 Å². The lowest BCUT2D eigenvalue weighted by Crippen LogP contribution is -2.48. The zero-order chi connectivity index (χ0) is 17.8. The van der Waals surface area contributed by atoms with Gasteiger partial charge in [0.2, 0.25) is 11.8 Å². The van der Waals surface area contributed by atoms with Gasteiger partial charge in [0.15, 0.2) is 0 Å². The van der Waals surface area contributed by atoms with Crippen molar-refractivity contribution in [2.24, 2.45) is 10.8 Å². The van der Waals surface area contributed by atoms with E-state index >= 15 is 0 Å². The molecule has 0 atom stereocenters. The van der Waals surface area contributed by atoms with Gasteiger partial charge in [-0.1, -0.05) is 13.8 Å². The molecule has 0 saturated carbocycles. The highest BCUT2D eigenvalue weighted by Gasteiger charge is 2.39. The maximum absolute atomic E-state index is 12.7. The zero-order valence-electron chi connectivity index (χ0n) is 15.6. The highest BCUT2D eigenvalue weighted by molar-refractivity contribution is 5.83. The molecule has 2 aliphatic rings. The molecule has 138 valence electrons. The van der Waals surface area contributed by atoms with Gasteiger partial charge in [-0.05, 0) is 25.7 Å². The molecule has 2 rings (SSSR count). The quantitative estimate of drug-likeness (QED) is 0.762. The number of carbonyl (C=O) groups is 2. The molecule has 0 aromatic heterocycles. The summed E-state index contributed by atoms with van der Waals surface area (Å²) in [6.07, 6.45) is 3.07. The highest BCUT2D eigenvalue weighted by atomic mass is 16.5. The van der Waals surface area contributed by atoms with Crippen LogP contribution in [-0.2, 0) is 19.1 Å². The highest BCUT2D eigenvalue weighted by Crippen LogP contribution is 2.33. The van der Waals surface area contributed by atoms with Crippen LogP contribution in [0.5, 0.6) is 0 Å². The lowest BCUT2D eigenvalue weighted by Gasteiger charge is -2.38. The summed E-state index contributed by atoms with van der Waals surface area (Å²) in [5.41, 5.74) is -0.662. The second kappa shape index (κ2) is 7.83. The normalized spacial score (nSPS) is 22.7. The number of rotatable bonds is 5. The predicted octanol–water partition coefficient (Wildman–Crippen LogP) is 1.54. The second-order valence-electron chi connectivity index (χ2n) is 7.80. The molecule has 0 aliphatic carbocycles. The minimum absolute atomic E-state index is 0.156. The van der Waals surface area contributed by atoms with E-state index in [1.54, 1.807) is 9.80 Å². The Hall–Kier alpha value is -1.14. The SMILES string of the molecule is CN(CCN(C)C(=O)C1(C)CCOCC1)C(=O)C1(C)CCOCC1. The summed E-state index contributed by atoms with van der Waals surface area (Å²) in [4.78, 5) is 29.0. The third-order valence-electron chi connectivity index (χ3n) is 5.69. The van der Waals surface area contributed by atoms with Crippen LogP contribution in [0.1, 0.15) is 39.5 Å². The van der Waals surface area contributed by atoms with Gasteiger partial charge in [-0.2, -0.15) is 0 Å². The number of hydrogen-bond acceptors (Lipinski definition) is 4. The Balaban J connectivity index is 1.85. The van der Waals surface area contributed by atoms with Crippen LogP contribution in [-0.4, -0.2) is 75.2 Å². The molecule has 24 heavy (non-hydrogen) atoms. The molecule has 2 amide bonds. The summed E-state index contributed by atoms with van der Waals surface area (Å²) in [6, 6.07) is 0. The van der Waals surface area contributed by atoms with Gasteiger partial charge in [-0.25, -0.2) is 0 Å². The van der Waals surface area contributed by atoms with Crippen molar-refractivity contribution in [3.05, 3.63) is 0 Å². The van der Waals surface area contributed by atoms with Crippen molar-refractivity contribution in [1.29, 1.82) is 0 Å². The largest absolute Gasteiger partial charge is 0.381 e. The number of amides is 2. The maximum atomic E-state index is 12.7. The predicted molar refractivity (Wildman–Crippen MR) is 91.6 cm³/mol. The van der Waals surface area contributed by atoms with Gasteiger partial charge < -0.3 is 19.3 Å². The van der Waals surface area contributed by atoms with E-state index in [-0.39, 0.29) is 22.6 Å². The Morgan fingerprint density at radius 1 is 0.750 bits per heavy atom. The van der Waals surface area contributed by atoms with Gasteiger partial charge in [0.25, 0.3) is 0 Å². The number of likely N-dealkylation sites (N-methyl/N-ethyl adjacent to an activating group) is 2. The molecular weight excluding hydrogens is 308 g/mol. The Kier molecular flexibility index (Phi) is 6.26. The van der Waals surface area contributed by atoms with Crippen molar-refractivity contribution in [2.75, 3.05) is 53.6 Å². The molecule has 0 aromatic carbocycles. The molecule has 2 heterocycles. The third kappa shape index (κ3) is 4.28. The van der Waals surface area contributed by atoms with Crippen molar-refractivity contribution in [1.82, 2.24) is 9.80 Å². The standard InChI is InChI=1S/C18H32N2O4/c1-17(5-11-23-12-6-17)15(21)19(3)9-10-20(4)16(22)18(2)7-13-24-14-8-18/h5-14H2,1-4H3. The van der Waals surface area contributed by atoms with E-state index in [1.807, 2.05) is 27.9 Å². The number of carbonyl (C=O) groups excluding carboxylic acids is 2.